The van der Waals surface area contributed by atoms with Crippen molar-refractivity contribution >= 4 is 11.7 Å². The molecule has 10 heteroatoms. The number of carbonyl (C=O) groups is 1. The van der Waals surface area contributed by atoms with E-state index in [4.69, 9.17) is 4.74 Å². The predicted molar refractivity (Wildman–Crippen MR) is 115 cm³/mol. The predicted octanol–water partition coefficient (Wildman–Crippen LogP) is 3.79. The molecule has 5 rings (SSSR count). The quantitative estimate of drug-likeness (QED) is 0.510. The Kier molecular flexibility index (Phi) is 5.04. The van der Waals surface area contributed by atoms with E-state index in [1.807, 2.05) is 24.3 Å². The van der Waals surface area contributed by atoms with Crippen molar-refractivity contribution in [2.45, 2.75) is 19.3 Å². The molecule has 1 N–H and O–H groups in total. The van der Waals surface area contributed by atoms with Gasteiger partial charge < -0.3 is 10.1 Å². The highest BCUT2D eigenvalue weighted by atomic mass is 19.2. The Morgan fingerprint density at radius 3 is 2.82 bits per heavy atom. The number of rotatable bonds is 4. The summed E-state index contributed by atoms with van der Waals surface area (Å²) in [6, 6.07) is 11.2. The highest BCUT2D eigenvalue weighted by Gasteiger charge is 2.35. The molecule has 0 bridgehead atoms. The zero-order valence-electron chi connectivity index (χ0n) is 17.7. The van der Waals surface area contributed by atoms with Gasteiger partial charge in [0, 0.05) is 23.5 Å². The topological polar surface area (TPSA) is 94.8 Å². The number of nitrogens with one attached hydrogen (secondary N) is 1. The van der Waals surface area contributed by atoms with Crippen molar-refractivity contribution in [3.05, 3.63) is 77.1 Å². The van der Waals surface area contributed by atoms with E-state index in [0.29, 0.717) is 28.5 Å². The highest BCUT2D eigenvalue weighted by Crippen LogP contribution is 2.41. The number of aryl methyl sites for hydroxylation is 1. The fraction of sp³-hybridized carbons (Fsp3) is 0.174. The molecule has 3 heterocycles. The van der Waals surface area contributed by atoms with E-state index >= 15 is 0 Å². The maximum absolute atomic E-state index is 14.6. The van der Waals surface area contributed by atoms with Crippen LogP contribution in [0, 0.1) is 18.6 Å². The number of hydrogen-bond acceptors (Lipinski definition) is 6. The van der Waals surface area contributed by atoms with Gasteiger partial charge in [0.15, 0.2) is 11.6 Å². The van der Waals surface area contributed by atoms with Gasteiger partial charge in [0.1, 0.15) is 11.6 Å². The van der Waals surface area contributed by atoms with E-state index in [2.05, 4.69) is 25.6 Å². The Morgan fingerprint density at radius 1 is 1.18 bits per heavy atom. The van der Waals surface area contributed by atoms with Gasteiger partial charge in [-0.3, -0.25) is 4.79 Å². The van der Waals surface area contributed by atoms with Gasteiger partial charge in [-0.25, -0.2) is 13.8 Å². The fourth-order valence-corrected chi connectivity index (χ4v) is 4.05. The highest BCUT2D eigenvalue weighted by molar-refractivity contribution is 5.95. The van der Waals surface area contributed by atoms with Crippen molar-refractivity contribution in [2.24, 2.45) is 0 Å². The van der Waals surface area contributed by atoms with Gasteiger partial charge in [-0.2, -0.15) is 14.9 Å². The number of aromatic nitrogens is 5. The molecule has 0 saturated heterocycles. The third-order valence-electron chi connectivity index (χ3n) is 5.56. The number of fused-ring (bicyclic) bond motifs is 1. The summed E-state index contributed by atoms with van der Waals surface area (Å²) in [5.74, 6) is -1.91. The number of anilines is 1. The van der Waals surface area contributed by atoms with Crippen molar-refractivity contribution in [1.82, 2.24) is 25.0 Å². The number of carbonyl (C=O) groups excluding carboxylic acids is 1. The first-order valence-corrected chi connectivity index (χ1v) is 10.1. The first-order chi connectivity index (χ1) is 16.0. The molecule has 0 spiro atoms. The SMILES string of the molecule is COc1cccc(-c2cnnc(-n3nc(C)c4c3NC(=O)C[C@@H]4c3cccc(F)c3F)n2)c1. The van der Waals surface area contributed by atoms with Crippen LogP contribution in [0.5, 0.6) is 5.75 Å². The monoisotopic (exact) mass is 448 g/mol. The van der Waals surface area contributed by atoms with Crippen LogP contribution in [0.15, 0.2) is 48.7 Å². The maximum atomic E-state index is 14.6. The van der Waals surface area contributed by atoms with Crippen LogP contribution in [0.25, 0.3) is 17.2 Å². The van der Waals surface area contributed by atoms with E-state index < -0.39 is 17.6 Å². The summed E-state index contributed by atoms with van der Waals surface area (Å²) < 4.78 is 35.1. The summed E-state index contributed by atoms with van der Waals surface area (Å²) in [6.45, 7) is 1.73. The van der Waals surface area contributed by atoms with E-state index in [1.54, 1.807) is 14.0 Å². The summed E-state index contributed by atoms with van der Waals surface area (Å²) in [7, 11) is 1.57. The average molecular weight is 448 g/mol. The molecule has 2 aromatic carbocycles. The van der Waals surface area contributed by atoms with Crippen LogP contribution in [0.4, 0.5) is 14.6 Å². The molecule has 1 amide bonds. The Balaban J connectivity index is 1.62. The number of halogens is 2. The minimum Gasteiger partial charge on any atom is -0.497 e. The largest absolute Gasteiger partial charge is 0.497 e. The van der Waals surface area contributed by atoms with Gasteiger partial charge in [0.05, 0.1) is 24.7 Å². The lowest BCUT2D eigenvalue weighted by Gasteiger charge is -2.24. The second-order valence-electron chi connectivity index (χ2n) is 7.58. The molecule has 166 valence electrons. The smallest absolute Gasteiger partial charge is 0.272 e. The minimum absolute atomic E-state index is 0.0388. The molecule has 1 atom stereocenters. The molecule has 33 heavy (non-hydrogen) atoms. The van der Waals surface area contributed by atoms with Crippen molar-refractivity contribution < 1.29 is 18.3 Å². The Labute approximate surface area is 187 Å². The summed E-state index contributed by atoms with van der Waals surface area (Å²) >= 11 is 0. The lowest BCUT2D eigenvalue weighted by molar-refractivity contribution is -0.116. The van der Waals surface area contributed by atoms with Gasteiger partial charge in [-0.15, -0.1) is 5.10 Å². The van der Waals surface area contributed by atoms with Crippen molar-refractivity contribution in [3.8, 4) is 23.0 Å². The van der Waals surface area contributed by atoms with Gasteiger partial charge in [-0.05, 0) is 30.7 Å². The van der Waals surface area contributed by atoms with Gasteiger partial charge in [0.2, 0.25) is 5.91 Å². The Bertz CT molecular complexity index is 1390. The van der Waals surface area contributed by atoms with E-state index in [1.165, 1.54) is 23.0 Å². The molecule has 0 radical (unpaired) electrons. The molecule has 0 fully saturated rings. The van der Waals surface area contributed by atoms with Crippen LogP contribution in [0.3, 0.4) is 0 Å². The number of benzene rings is 2. The first-order valence-electron chi connectivity index (χ1n) is 10.1. The standard InChI is InChI=1S/C23H18F2N6O2/c1-12-20-16(15-7-4-8-17(24)21(15)25)10-19(32)28-22(20)31(30-12)23-27-18(11-26-29-23)13-5-3-6-14(9-13)33-2/h3-9,11,16H,10H2,1-2H3,(H,28,32)/t16-/m1/s1. The summed E-state index contributed by atoms with van der Waals surface area (Å²) in [5.41, 5.74) is 2.49. The average Bonchev–Trinajstić information content (AvgIpc) is 3.16. The fourth-order valence-electron chi connectivity index (χ4n) is 4.05. The first kappa shape index (κ1) is 20.7. The maximum Gasteiger partial charge on any atom is 0.272 e. The van der Waals surface area contributed by atoms with E-state index in [9.17, 15) is 13.6 Å². The van der Waals surface area contributed by atoms with Crippen LogP contribution < -0.4 is 10.1 Å². The molecule has 4 aromatic rings. The third-order valence-corrected chi connectivity index (χ3v) is 5.56. The molecule has 2 aromatic heterocycles. The van der Waals surface area contributed by atoms with Crippen molar-refractivity contribution in [2.75, 3.05) is 12.4 Å². The number of nitrogens with zero attached hydrogens (tertiary/aromatic N) is 5. The van der Waals surface area contributed by atoms with Crippen molar-refractivity contribution in [3.63, 3.8) is 0 Å². The molecule has 0 aliphatic carbocycles. The van der Waals surface area contributed by atoms with Gasteiger partial charge >= 0.3 is 0 Å². The lowest BCUT2D eigenvalue weighted by atomic mass is 9.85. The van der Waals surface area contributed by atoms with Crippen LogP contribution in [-0.4, -0.2) is 38.0 Å². The van der Waals surface area contributed by atoms with Gasteiger partial charge in [-0.1, -0.05) is 24.3 Å². The number of methoxy groups -OCH3 is 1. The van der Waals surface area contributed by atoms with Crippen LogP contribution in [0.2, 0.25) is 0 Å². The molecular weight excluding hydrogens is 430 g/mol. The summed E-state index contributed by atoms with van der Waals surface area (Å²) in [5, 5.41) is 15.4. The van der Waals surface area contributed by atoms with Crippen LogP contribution in [0.1, 0.15) is 29.2 Å². The van der Waals surface area contributed by atoms with E-state index in [0.717, 1.165) is 11.6 Å². The number of amides is 1. The number of hydrogen-bond donors (Lipinski definition) is 1. The normalized spacial score (nSPS) is 15.2. The van der Waals surface area contributed by atoms with Gasteiger partial charge in [0.25, 0.3) is 5.95 Å². The zero-order valence-corrected chi connectivity index (χ0v) is 17.7. The Hall–Kier alpha value is -4.21. The number of ether oxygens (including phenoxy) is 1. The summed E-state index contributed by atoms with van der Waals surface area (Å²) in [4.78, 5) is 17.1. The van der Waals surface area contributed by atoms with E-state index in [-0.39, 0.29) is 23.8 Å². The third kappa shape index (κ3) is 3.59. The minimum atomic E-state index is -0.978. The molecule has 0 unspecified atom stereocenters. The zero-order chi connectivity index (χ0) is 23.1. The second kappa shape index (κ2) is 8.05. The Morgan fingerprint density at radius 2 is 2.00 bits per heavy atom. The molecule has 1 aliphatic heterocycles. The molecule has 8 nitrogen and oxygen atoms in total. The van der Waals surface area contributed by atoms with Crippen LogP contribution in [-0.2, 0) is 4.79 Å². The van der Waals surface area contributed by atoms with Crippen molar-refractivity contribution in [1.29, 1.82) is 0 Å². The van der Waals surface area contributed by atoms with Crippen LogP contribution >= 0.6 is 0 Å². The summed E-state index contributed by atoms with van der Waals surface area (Å²) in [6.07, 6.45) is 1.47. The lowest BCUT2D eigenvalue weighted by Crippen LogP contribution is -2.26. The molecule has 1 aliphatic rings. The molecule has 0 saturated carbocycles. The molecular formula is C23H18F2N6O2. The second-order valence-corrected chi connectivity index (χ2v) is 7.58.